The number of anilines is 3. The molecule has 0 aliphatic carbocycles. The summed E-state index contributed by atoms with van der Waals surface area (Å²) in [5, 5.41) is 3.21. The van der Waals surface area contributed by atoms with Crippen molar-refractivity contribution in [2.45, 2.75) is 13.8 Å². The summed E-state index contributed by atoms with van der Waals surface area (Å²) < 4.78 is 13.9. The Morgan fingerprint density at radius 1 is 1.21 bits per heavy atom. The van der Waals surface area contributed by atoms with Crippen LogP contribution < -0.4 is 10.2 Å². The van der Waals surface area contributed by atoms with Gasteiger partial charge in [-0.2, -0.15) is 0 Å². The van der Waals surface area contributed by atoms with E-state index in [-0.39, 0.29) is 5.82 Å². The number of benzene rings is 1. The molecular weight excluding hydrogens is 241 g/mol. The van der Waals surface area contributed by atoms with Crippen molar-refractivity contribution in [1.29, 1.82) is 0 Å². The zero-order valence-electron chi connectivity index (χ0n) is 11.2. The maximum absolute atomic E-state index is 13.9. The number of nitrogens with one attached hydrogen (secondary N) is 1. The molecule has 0 spiro atoms. The highest BCUT2D eigenvalue weighted by Gasteiger charge is 2.12. The Morgan fingerprint density at radius 3 is 2.68 bits per heavy atom. The van der Waals surface area contributed by atoms with E-state index in [0.717, 1.165) is 17.9 Å². The number of nitrogens with zero attached hydrogens (tertiary/aromatic N) is 2. The molecule has 3 nitrogen and oxygen atoms in total. The highest BCUT2D eigenvalue weighted by atomic mass is 19.1. The Labute approximate surface area is 113 Å². The minimum atomic E-state index is -0.224. The van der Waals surface area contributed by atoms with Gasteiger partial charge in [-0.1, -0.05) is 12.1 Å². The average molecular weight is 259 g/mol. The second-order valence-corrected chi connectivity index (χ2v) is 4.16. The largest absolute Gasteiger partial charge is 0.384 e. The fourth-order valence-electron chi connectivity index (χ4n) is 2.04. The summed E-state index contributed by atoms with van der Waals surface area (Å²) in [6.45, 7) is 5.53. The van der Waals surface area contributed by atoms with Crippen LogP contribution in [0.2, 0.25) is 0 Å². The van der Waals surface area contributed by atoms with E-state index in [9.17, 15) is 4.39 Å². The van der Waals surface area contributed by atoms with Crippen LogP contribution >= 0.6 is 0 Å². The van der Waals surface area contributed by atoms with Crippen molar-refractivity contribution < 1.29 is 4.39 Å². The lowest BCUT2D eigenvalue weighted by molar-refractivity contribution is 0.625. The molecule has 100 valence electrons. The third kappa shape index (κ3) is 3.02. The van der Waals surface area contributed by atoms with E-state index in [1.165, 1.54) is 6.07 Å². The molecule has 1 aromatic heterocycles. The SMILES string of the molecule is CCNc1cncc(N(CC)c2ccccc2F)c1. The molecule has 0 bridgehead atoms. The lowest BCUT2D eigenvalue weighted by Crippen LogP contribution is -2.17. The van der Waals surface area contributed by atoms with E-state index in [1.807, 2.05) is 30.9 Å². The van der Waals surface area contributed by atoms with Gasteiger partial charge in [0.25, 0.3) is 0 Å². The highest BCUT2D eigenvalue weighted by Crippen LogP contribution is 2.28. The summed E-state index contributed by atoms with van der Waals surface area (Å²) in [4.78, 5) is 6.11. The van der Waals surface area contributed by atoms with Crippen LogP contribution in [0.3, 0.4) is 0 Å². The molecule has 0 saturated heterocycles. The van der Waals surface area contributed by atoms with Crippen molar-refractivity contribution in [2.75, 3.05) is 23.3 Å². The zero-order chi connectivity index (χ0) is 13.7. The molecule has 1 N–H and O–H groups in total. The van der Waals surface area contributed by atoms with Crippen LogP contribution in [0.1, 0.15) is 13.8 Å². The van der Waals surface area contributed by atoms with E-state index >= 15 is 0 Å². The number of aromatic nitrogens is 1. The van der Waals surface area contributed by atoms with Crippen LogP contribution in [0.25, 0.3) is 0 Å². The van der Waals surface area contributed by atoms with Crippen molar-refractivity contribution in [3.8, 4) is 0 Å². The lowest BCUT2D eigenvalue weighted by atomic mass is 10.2. The highest BCUT2D eigenvalue weighted by molar-refractivity contribution is 5.66. The molecule has 0 atom stereocenters. The quantitative estimate of drug-likeness (QED) is 0.885. The van der Waals surface area contributed by atoms with Gasteiger partial charge in [0.05, 0.1) is 29.5 Å². The molecule has 2 rings (SSSR count). The summed E-state index contributed by atoms with van der Waals surface area (Å²) in [5.41, 5.74) is 2.39. The van der Waals surface area contributed by atoms with Crippen molar-refractivity contribution in [1.82, 2.24) is 4.98 Å². The first-order valence-corrected chi connectivity index (χ1v) is 6.47. The molecule has 1 aromatic carbocycles. The number of hydrogen-bond donors (Lipinski definition) is 1. The maximum atomic E-state index is 13.9. The Balaban J connectivity index is 2.37. The maximum Gasteiger partial charge on any atom is 0.146 e. The number of hydrogen-bond acceptors (Lipinski definition) is 3. The van der Waals surface area contributed by atoms with E-state index in [1.54, 1.807) is 24.5 Å². The minimum absolute atomic E-state index is 0.224. The summed E-state index contributed by atoms with van der Waals surface area (Å²) in [7, 11) is 0. The van der Waals surface area contributed by atoms with Crippen LogP contribution in [-0.4, -0.2) is 18.1 Å². The normalized spacial score (nSPS) is 10.3. The van der Waals surface area contributed by atoms with E-state index in [2.05, 4.69) is 10.3 Å². The molecule has 19 heavy (non-hydrogen) atoms. The summed E-state index contributed by atoms with van der Waals surface area (Å²) in [6, 6.07) is 8.76. The number of halogens is 1. The van der Waals surface area contributed by atoms with Gasteiger partial charge in [0.1, 0.15) is 5.82 Å². The smallest absolute Gasteiger partial charge is 0.146 e. The zero-order valence-corrected chi connectivity index (χ0v) is 11.2. The molecule has 0 saturated carbocycles. The van der Waals surface area contributed by atoms with Gasteiger partial charge in [-0.15, -0.1) is 0 Å². The van der Waals surface area contributed by atoms with Crippen molar-refractivity contribution in [3.63, 3.8) is 0 Å². The Hall–Kier alpha value is -2.10. The van der Waals surface area contributed by atoms with Crippen LogP contribution in [0.5, 0.6) is 0 Å². The van der Waals surface area contributed by atoms with E-state index in [0.29, 0.717) is 12.2 Å². The molecule has 0 unspecified atom stereocenters. The van der Waals surface area contributed by atoms with E-state index < -0.39 is 0 Å². The molecule has 0 aliphatic heterocycles. The fraction of sp³-hybridized carbons (Fsp3) is 0.267. The molecule has 0 fully saturated rings. The van der Waals surface area contributed by atoms with Gasteiger partial charge in [-0.3, -0.25) is 4.98 Å². The molecule has 4 heteroatoms. The molecule has 1 heterocycles. The lowest BCUT2D eigenvalue weighted by Gasteiger charge is -2.23. The average Bonchev–Trinajstić information content (AvgIpc) is 2.43. The van der Waals surface area contributed by atoms with Gasteiger partial charge >= 0.3 is 0 Å². The molecule has 0 aliphatic rings. The van der Waals surface area contributed by atoms with Crippen molar-refractivity contribution in [3.05, 3.63) is 48.5 Å². The summed E-state index contributed by atoms with van der Waals surface area (Å²) >= 11 is 0. The third-order valence-electron chi connectivity index (χ3n) is 2.88. The molecule has 0 radical (unpaired) electrons. The van der Waals surface area contributed by atoms with E-state index in [4.69, 9.17) is 0 Å². The molecule has 2 aromatic rings. The Morgan fingerprint density at radius 2 is 2.00 bits per heavy atom. The van der Waals surface area contributed by atoms with Gasteiger partial charge in [-0.05, 0) is 32.0 Å². The first-order valence-electron chi connectivity index (χ1n) is 6.47. The third-order valence-corrected chi connectivity index (χ3v) is 2.88. The fourth-order valence-corrected chi connectivity index (χ4v) is 2.04. The van der Waals surface area contributed by atoms with Crippen LogP contribution in [0, 0.1) is 5.82 Å². The standard InChI is InChI=1S/C15H18FN3/c1-3-18-12-9-13(11-17-10-12)19(4-2)15-8-6-5-7-14(15)16/h5-11,18H,3-4H2,1-2H3. The Bertz CT molecular complexity index is 542. The van der Waals surface area contributed by atoms with Gasteiger partial charge < -0.3 is 10.2 Å². The van der Waals surface area contributed by atoms with Gasteiger partial charge in [0.15, 0.2) is 0 Å². The van der Waals surface area contributed by atoms with Crippen molar-refractivity contribution >= 4 is 17.1 Å². The first-order chi connectivity index (χ1) is 9.26. The number of rotatable bonds is 5. The number of para-hydroxylation sites is 1. The first kappa shape index (κ1) is 13.3. The second kappa shape index (κ2) is 6.18. The topological polar surface area (TPSA) is 28.2 Å². The van der Waals surface area contributed by atoms with Gasteiger partial charge in [-0.25, -0.2) is 4.39 Å². The van der Waals surface area contributed by atoms with Gasteiger partial charge in [0, 0.05) is 13.1 Å². The predicted octanol–water partition coefficient (Wildman–Crippen LogP) is 3.81. The van der Waals surface area contributed by atoms with Crippen LogP contribution in [-0.2, 0) is 0 Å². The second-order valence-electron chi connectivity index (χ2n) is 4.16. The van der Waals surface area contributed by atoms with Crippen LogP contribution in [0.15, 0.2) is 42.7 Å². The van der Waals surface area contributed by atoms with Crippen molar-refractivity contribution in [2.24, 2.45) is 0 Å². The Kier molecular flexibility index (Phi) is 4.34. The van der Waals surface area contributed by atoms with Gasteiger partial charge in [0.2, 0.25) is 0 Å². The summed E-state index contributed by atoms with van der Waals surface area (Å²) in [5.74, 6) is -0.224. The molecule has 0 amide bonds. The minimum Gasteiger partial charge on any atom is -0.384 e. The predicted molar refractivity (Wildman–Crippen MR) is 77.5 cm³/mol. The van der Waals surface area contributed by atoms with Crippen LogP contribution in [0.4, 0.5) is 21.5 Å². The molecular formula is C15H18FN3. The summed E-state index contributed by atoms with van der Waals surface area (Å²) in [6.07, 6.45) is 3.51. The monoisotopic (exact) mass is 259 g/mol. The number of pyridine rings is 1.